The molecular formula is C34H42BrF3N10O3S. The van der Waals surface area contributed by atoms with Gasteiger partial charge in [0, 0.05) is 82.7 Å². The van der Waals surface area contributed by atoms with Gasteiger partial charge in [-0.15, -0.1) is 13.2 Å². The van der Waals surface area contributed by atoms with Gasteiger partial charge in [-0.25, -0.2) is 13.4 Å². The zero-order valence-electron chi connectivity index (χ0n) is 29.4. The summed E-state index contributed by atoms with van der Waals surface area (Å²) < 4.78 is 73.5. The van der Waals surface area contributed by atoms with E-state index in [-0.39, 0.29) is 28.9 Å². The van der Waals surface area contributed by atoms with Gasteiger partial charge in [0.25, 0.3) is 0 Å². The molecule has 2 aromatic heterocycles. The van der Waals surface area contributed by atoms with Crippen LogP contribution in [0.15, 0.2) is 47.3 Å². The number of nitrogens with zero attached hydrogens (tertiary/aromatic N) is 8. The molecule has 2 aliphatic heterocycles. The maximum atomic E-state index is 13.8. The Bertz CT molecular complexity index is 2010. The molecule has 0 bridgehead atoms. The number of halogens is 4. The van der Waals surface area contributed by atoms with Gasteiger partial charge >= 0.3 is 6.36 Å². The summed E-state index contributed by atoms with van der Waals surface area (Å²) in [6.45, 7) is 9.07. The summed E-state index contributed by atoms with van der Waals surface area (Å²) in [7, 11) is -0.146. The SMILES string of the molecule is CCc1cc(Nc2ncc(Br)c(Nc3ccc4nccnc4c3N(C)S(=O)(=O)CC)n2)c(OC(F)(F)F)cc1N1CCC(N2CCN(C)CC2)CC1. The fourth-order valence-corrected chi connectivity index (χ4v) is 7.84. The minimum Gasteiger partial charge on any atom is -0.403 e. The molecule has 0 atom stereocenters. The standard InChI is InChI=1S/C34H42BrF3N10O3S/c1-5-22-19-27(29(51-34(36,37)38)20-28(22)48-13-9-23(10-14-48)47-17-15-45(3)16-18-47)43-33-41-21-24(35)32(44-33)42-26-8-7-25-30(40-12-11-39-25)31(26)46(4)52(49,50)6-2/h7-8,11-12,19-21,23H,5-6,9-10,13-18H2,1-4H3,(H2,41,42,43,44). The molecule has 2 aliphatic rings. The number of benzene rings is 2. The van der Waals surface area contributed by atoms with Crippen molar-refractivity contribution < 1.29 is 26.3 Å². The molecule has 4 heterocycles. The van der Waals surface area contributed by atoms with Crippen molar-refractivity contribution in [2.45, 2.75) is 45.5 Å². The normalized spacial score (nSPS) is 16.7. The minimum atomic E-state index is -4.94. The zero-order chi connectivity index (χ0) is 37.2. The lowest BCUT2D eigenvalue weighted by atomic mass is 9.99. The van der Waals surface area contributed by atoms with Crippen molar-refractivity contribution in [1.29, 1.82) is 0 Å². The first-order chi connectivity index (χ1) is 24.8. The molecule has 2 saturated heterocycles. The van der Waals surface area contributed by atoms with Crippen LogP contribution in [-0.2, 0) is 16.4 Å². The molecule has 4 aromatic rings. The summed E-state index contributed by atoms with van der Waals surface area (Å²) >= 11 is 3.44. The summed E-state index contributed by atoms with van der Waals surface area (Å²) in [5.74, 6) is -0.348. The van der Waals surface area contributed by atoms with Crippen LogP contribution in [0.1, 0.15) is 32.3 Å². The maximum Gasteiger partial charge on any atom is 0.573 e. The number of sulfonamides is 1. The fraction of sp³-hybridized carbons (Fsp3) is 0.471. The summed E-state index contributed by atoms with van der Waals surface area (Å²) in [6.07, 6.45) is 1.91. The average Bonchev–Trinajstić information content (AvgIpc) is 3.13. The fourth-order valence-electron chi connectivity index (χ4n) is 6.69. The Morgan fingerprint density at radius 2 is 1.69 bits per heavy atom. The molecule has 280 valence electrons. The highest BCUT2D eigenvalue weighted by molar-refractivity contribution is 9.10. The second-order valence-electron chi connectivity index (χ2n) is 12.8. The molecule has 18 heteroatoms. The molecule has 2 aromatic carbocycles. The third-order valence-corrected chi connectivity index (χ3v) is 11.9. The van der Waals surface area contributed by atoms with Crippen LogP contribution in [0.5, 0.6) is 5.75 Å². The van der Waals surface area contributed by atoms with Crippen LogP contribution >= 0.6 is 15.9 Å². The number of fused-ring (bicyclic) bond motifs is 1. The number of alkyl halides is 3. The predicted molar refractivity (Wildman–Crippen MR) is 201 cm³/mol. The molecule has 0 spiro atoms. The van der Waals surface area contributed by atoms with Crippen LogP contribution in [0.2, 0.25) is 0 Å². The quantitative estimate of drug-likeness (QED) is 0.181. The number of aryl methyl sites for hydroxylation is 1. The van der Waals surface area contributed by atoms with E-state index in [1.165, 1.54) is 31.7 Å². The van der Waals surface area contributed by atoms with Crippen molar-refractivity contribution in [1.82, 2.24) is 29.7 Å². The molecule has 0 aliphatic carbocycles. The van der Waals surface area contributed by atoms with Crippen LogP contribution in [-0.4, -0.2) is 110 Å². The zero-order valence-corrected chi connectivity index (χ0v) is 31.8. The van der Waals surface area contributed by atoms with E-state index in [2.05, 4.69) is 73.0 Å². The van der Waals surface area contributed by atoms with Gasteiger partial charge in [0.1, 0.15) is 17.0 Å². The Balaban J connectivity index is 1.29. The number of likely N-dealkylation sites (N-methyl/N-ethyl adjacent to an activating group) is 1. The molecule has 13 nitrogen and oxygen atoms in total. The van der Waals surface area contributed by atoms with Gasteiger partial charge in [-0.2, -0.15) is 4.98 Å². The van der Waals surface area contributed by atoms with E-state index in [1.54, 1.807) is 25.1 Å². The molecule has 2 fully saturated rings. The number of anilines is 6. The first-order valence-electron chi connectivity index (χ1n) is 17.1. The van der Waals surface area contributed by atoms with E-state index in [0.717, 1.165) is 62.0 Å². The Morgan fingerprint density at radius 1 is 0.981 bits per heavy atom. The number of piperidine rings is 1. The number of aromatic nitrogens is 4. The summed E-state index contributed by atoms with van der Waals surface area (Å²) in [5.41, 5.74) is 3.05. The molecule has 0 amide bonds. The van der Waals surface area contributed by atoms with Crippen molar-refractivity contribution >= 4 is 71.5 Å². The van der Waals surface area contributed by atoms with E-state index in [1.807, 2.05) is 6.92 Å². The first kappa shape index (κ1) is 37.7. The molecular weight excluding hydrogens is 765 g/mol. The Labute approximate surface area is 309 Å². The topological polar surface area (TPSA) is 132 Å². The highest BCUT2D eigenvalue weighted by Gasteiger charge is 2.34. The smallest absolute Gasteiger partial charge is 0.403 e. The summed E-state index contributed by atoms with van der Waals surface area (Å²) in [4.78, 5) is 24.6. The van der Waals surface area contributed by atoms with Crippen molar-refractivity contribution in [3.63, 3.8) is 0 Å². The van der Waals surface area contributed by atoms with Crippen molar-refractivity contribution in [2.24, 2.45) is 0 Å². The number of nitrogens with one attached hydrogen (secondary N) is 2. The van der Waals surface area contributed by atoms with E-state index in [9.17, 15) is 21.6 Å². The van der Waals surface area contributed by atoms with Crippen LogP contribution < -0.4 is 24.6 Å². The number of hydrogen-bond acceptors (Lipinski definition) is 12. The number of hydrogen-bond donors (Lipinski definition) is 2. The van der Waals surface area contributed by atoms with Crippen LogP contribution in [0.3, 0.4) is 0 Å². The molecule has 6 rings (SSSR count). The monoisotopic (exact) mass is 806 g/mol. The highest BCUT2D eigenvalue weighted by Crippen LogP contribution is 2.41. The van der Waals surface area contributed by atoms with E-state index >= 15 is 0 Å². The number of piperazine rings is 1. The van der Waals surface area contributed by atoms with Gasteiger partial charge in [-0.05, 0) is 72.9 Å². The highest BCUT2D eigenvalue weighted by atomic mass is 79.9. The Kier molecular flexibility index (Phi) is 11.3. The van der Waals surface area contributed by atoms with Crippen LogP contribution in [0.4, 0.5) is 47.7 Å². The van der Waals surface area contributed by atoms with Gasteiger partial charge in [-0.3, -0.25) is 19.2 Å². The van der Waals surface area contributed by atoms with Gasteiger partial charge in [0.05, 0.1) is 27.1 Å². The van der Waals surface area contributed by atoms with Crippen LogP contribution in [0.25, 0.3) is 11.0 Å². The van der Waals surface area contributed by atoms with E-state index in [0.29, 0.717) is 39.3 Å². The van der Waals surface area contributed by atoms with Gasteiger partial charge in [0.2, 0.25) is 16.0 Å². The second kappa shape index (κ2) is 15.5. The molecule has 52 heavy (non-hydrogen) atoms. The molecule has 0 radical (unpaired) electrons. The van der Waals surface area contributed by atoms with Crippen LogP contribution in [0, 0.1) is 0 Å². The van der Waals surface area contributed by atoms with E-state index < -0.39 is 22.1 Å². The lowest BCUT2D eigenvalue weighted by Gasteiger charge is -2.43. The van der Waals surface area contributed by atoms with Gasteiger partial charge in [0.15, 0.2) is 5.75 Å². The molecule has 0 saturated carbocycles. The summed E-state index contributed by atoms with van der Waals surface area (Å²) in [6, 6.07) is 6.92. The number of rotatable bonds is 11. The molecule has 0 unspecified atom stereocenters. The third-order valence-electron chi connectivity index (χ3n) is 9.60. The lowest BCUT2D eigenvalue weighted by molar-refractivity contribution is -0.274. The predicted octanol–water partition coefficient (Wildman–Crippen LogP) is 6.13. The van der Waals surface area contributed by atoms with E-state index in [4.69, 9.17) is 0 Å². The largest absolute Gasteiger partial charge is 0.573 e. The van der Waals surface area contributed by atoms with Gasteiger partial charge < -0.3 is 25.2 Å². The Morgan fingerprint density at radius 3 is 2.37 bits per heavy atom. The van der Waals surface area contributed by atoms with Crippen molar-refractivity contribution in [3.05, 3.63) is 52.9 Å². The minimum absolute atomic E-state index is 0.0165. The summed E-state index contributed by atoms with van der Waals surface area (Å²) in [5, 5.41) is 6.10. The lowest BCUT2D eigenvalue weighted by Crippen LogP contribution is -2.52. The third kappa shape index (κ3) is 8.45. The number of ether oxygens (including phenoxy) is 1. The first-order valence-corrected chi connectivity index (χ1v) is 19.5. The Hall–Kier alpha value is -4.00. The average molecular weight is 808 g/mol. The van der Waals surface area contributed by atoms with Gasteiger partial charge in [-0.1, -0.05) is 6.92 Å². The van der Waals surface area contributed by atoms with Crippen molar-refractivity contribution in [3.8, 4) is 5.75 Å². The molecule has 2 N–H and O–H groups in total. The van der Waals surface area contributed by atoms with Crippen molar-refractivity contribution in [2.75, 3.05) is 79.0 Å². The second-order valence-corrected chi connectivity index (χ2v) is 16.0. The maximum absolute atomic E-state index is 13.8.